The minimum atomic E-state index is -0.251. The number of aliphatic hydroxyl groups excluding tert-OH is 1. The topological polar surface area (TPSA) is 61.8 Å². The lowest BCUT2D eigenvalue weighted by Crippen LogP contribution is -2.63. The molecule has 2 N–H and O–H groups in total. The number of ether oxygens (including phenoxy) is 1. The smallest absolute Gasteiger partial charge is 0.239 e. The van der Waals surface area contributed by atoms with E-state index in [4.69, 9.17) is 4.74 Å². The van der Waals surface area contributed by atoms with Crippen LogP contribution in [0.2, 0.25) is 0 Å². The van der Waals surface area contributed by atoms with Crippen LogP contribution >= 0.6 is 0 Å². The summed E-state index contributed by atoms with van der Waals surface area (Å²) >= 11 is 0. The van der Waals surface area contributed by atoms with Crippen LogP contribution in [0.1, 0.15) is 45.4 Å². The number of aliphatic hydroxyl groups is 1. The van der Waals surface area contributed by atoms with Crippen molar-refractivity contribution in [3.05, 3.63) is 0 Å². The van der Waals surface area contributed by atoms with Crippen LogP contribution in [0.15, 0.2) is 0 Å². The van der Waals surface area contributed by atoms with Crippen molar-refractivity contribution in [3.8, 4) is 0 Å². The molecule has 0 bridgehead atoms. The molecule has 3 fully saturated rings. The van der Waals surface area contributed by atoms with Crippen molar-refractivity contribution >= 4 is 5.91 Å². The molecule has 2 heterocycles. The third kappa shape index (κ3) is 2.71. The molecule has 1 aliphatic carbocycles. The van der Waals surface area contributed by atoms with Gasteiger partial charge in [0.2, 0.25) is 5.91 Å². The number of nitrogens with one attached hydrogen (secondary N) is 1. The van der Waals surface area contributed by atoms with Crippen molar-refractivity contribution in [1.29, 1.82) is 0 Å². The maximum absolute atomic E-state index is 12.5. The third-order valence-corrected chi connectivity index (χ3v) is 5.72. The Kier molecular flexibility index (Phi) is 4.52. The first-order valence-corrected chi connectivity index (χ1v) is 8.49. The second-order valence-corrected chi connectivity index (χ2v) is 6.76. The summed E-state index contributed by atoms with van der Waals surface area (Å²) in [7, 11) is 0. The van der Waals surface area contributed by atoms with Gasteiger partial charge in [-0.2, -0.15) is 0 Å². The Bertz CT molecular complexity index is 372. The van der Waals surface area contributed by atoms with E-state index in [1.165, 1.54) is 6.42 Å². The number of nitrogens with zero attached hydrogens (tertiary/aromatic N) is 1. The molecular weight excluding hydrogens is 268 g/mol. The normalized spacial score (nSPS) is 35.5. The fraction of sp³-hybridized carbons (Fsp3) is 0.938. The molecule has 3 aliphatic rings. The maximum atomic E-state index is 12.5. The lowest BCUT2D eigenvalue weighted by Gasteiger charge is -2.56. The van der Waals surface area contributed by atoms with E-state index in [9.17, 15) is 9.90 Å². The van der Waals surface area contributed by atoms with E-state index in [2.05, 4.69) is 5.32 Å². The molecule has 0 aromatic heterocycles. The van der Waals surface area contributed by atoms with E-state index in [1.54, 1.807) is 0 Å². The highest BCUT2D eigenvalue weighted by atomic mass is 16.5. The molecule has 1 amide bonds. The largest absolute Gasteiger partial charge is 0.392 e. The van der Waals surface area contributed by atoms with Crippen molar-refractivity contribution in [2.75, 3.05) is 26.2 Å². The Balaban J connectivity index is 1.56. The van der Waals surface area contributed by atoms with Crippen LogP contribution in [0, 0.1) is 5.41 Å². The Morgan fingerprint density at radius 3 is 2.71 bits per heavy atom. The minimum Gasteiger partial charge on any atom is -0.392 e. The van der Waals surface area contributed by atoms with Crippen LogP contribution in [-0.4, -0.2) is 60.4 Å². The number of carbonyl (C=O) groups is 1. The van der Waals surface area contributed by atoms with Gasteiger partial charge in [0.15, 0.2) is 0 Å². The van der Waals surface area contributed by atoms with Gasteiger partial charge in [0.25, 0.3) is 0 Å². The summed E-state index contributed by atoms with van der Waals surface area (Å²) in [5, 5.41) is 13.5. The summed E-state index contributed by atoms with van der Waals surface area (Å²) < 4.78 is 5.78. The van der Waals surface area contributed by atoms with Crippen LogP contribution in [0.25, 0.3) is 0 Å². The van der Waals surface area contributed by atoms with E-state index in [0.29, 0.717) is 6.61 Å². The number of piperidine rings is 2. The van der Waals surface area contributed by atoms with E-state index < -0.39 is 0 Å². The van der Waals surface area contributed by atoms with Crippen LogP contribution in [0.5, 0.6) is 0 Å². The highest BCUT2D eigenvalue weighted by Gasteiger charge is 2.56. The van der Waals surface area contributed by atoms with Gasteiger partial charge in [-0.05, 0) is 39.2 Å². The number of hydrogen-bond acceptors (Lipinski definition) is 4. The fourth-order valence-corrected chi connectivity index (χ4v) is 4.24. The molecule has 5 heteroatoms. The van der Waals surface area contributed by atoms with Crippen molar-refractivity contribution in [3.63, 3.8) is 0 Å². The summed E-state index contributed by atoms with van der Waals surface area (Å²) in [6.07, 6.45) is 5.72. The molecule has 1 spiro atoms. The van der Waals surface area contributed by atoms with Gasteiger partial charge in [-0.1, -0.05) is 6.42 Å². The number of likely N-dealkylation sites (tertiary alicyclic amines) is 1. The molecule has 0 unspecified atom stereocenters. The summed E-state index contributed by atoms with van der Waals surface area (Å²) in [5.74, 6) is 0.256. The van der Waals surface area contributed by atoms with Crippen LogP contribution in [0.4, 0.5) is 0 Å². The second kappa shape index (κ2) is 6.23. The van der Waals surface area contributed by atoms with Crippen LogP contribution in [0.3, 0.4) is 0 Å². The molecule has 5 nitrogen and oxygen atoms in total. The summed E-state index contributed by atoms with van der Waals surface area (Å²) in [6.45, 7) is 5.19. The van der Waals surface area contributed by atoms with Crippen molar-refractivity contribution in [1.82, 2.24) is 10.2 Å². The maximum Gasteiger partial charge on any atom is 0.239 e. The van der Waals surface area contributed by atoms with Gasteiger partial charge in [-0.25, -0.2) is 0 Å². The molecule has 3 atom stereocenters. The van der Waals surface area contributed by atoms with Gasteiger partial charge in [0.05, 0.1) is 18.2 Å². The van der Waals surface area contributed by atoms with E-state index >= 15 is 0 Å². The SMILES string of the molecule is CCO[C@@H]1C[C@@H](O)C12CCN(C(=O)[C@H]1CCCCN1)CC2. The zero-order valence-corrected chi connectivity index (χ0v) is 13.0. The van der Waals surface area contributed by atoms with Crippen LogP contribution in [-0.2, 0) is 9.53 Å². The molecule has 0 radical (unpaired) electrons. The van der Waals surface area contributed by atoms with E-state index in [0.717, 1.165) is 51.7 Å². The predicted octanol–water partition coefficient (Wildman–Crippen LogP) is 0.907. The average molecular weight is 296 g/mol. The third-order valence-electron chi connectivity index (χ3n) is 5.72. The zero-order chi connectivity index (χ0) is 14.9. The second-order valence-electron chi connectivity index (χ2n) is 6.76. The molecule has 2 aliphatic heterocycles. The van der Waals surface area contributed by atoms with Crippen molar-refractivity contribution in [2.24, 2.45) is 5.41 Å². The predicted molar refractivity (Wildman–Crippen MR) is 79.9 cm³/mol. The average Bonchev–Trinajstić information content (AvgIpc) is 2.55. The molecule has 0 aromatic rings. The highest BCUT2D eigenvalue weighted by molar-refractivity contribution is 5.82. The Hall–Kier alpha value is -0.650. The molecule has 21 heavy (non-hydrogen) atoms. The van der Waals surface area contributed by atoms with Gasteiger partial charge in [0, 0.05) is 31.5 Å². The first-order chi connectivity index (χ1) is 10.2. The lowest BCUT2D eigenvalue weighted by atomic mass is 9.58. The fourth-order valence-electron chi connectivity index (χ4n) is 4.24. The number of hydrogen-bond donors (Lipinski definition) is 2. The van der Waals surface area contributed by atoms with Gasteiger partial charge in [-0.3, -0.25) is 4.79 Å². The number of amides is 1. The van der Waals surface area contributed by atoms with Gasteiger partial charge < -0.3 is 20.1 Å². The van der Waals surface area contributed by atoms with E-state index in [-0.39, 0.29) is 29.6 Å². The van der Waals surface area contributed by atoms with Crippen molar-refractivity contribution < 1.29 is 14.6 Å². The number of carbonyl (C=O) groups excluding carboxylic acids is 1. The first-order valence-electron chi connectivity index (χ1n) is 8.49. The molecule has 1 saturated carbocycles. The monoisotopic (exact) mass is 296 g/mol. The molecule has 2 saturated heterocycles. The Labute approximate surface area is 127 Å². The molecule has 0 aromatic carbocycles. The van der Waals surface area contributed by atoms with Gasteiger partial charge in [0.1, 0.15) is 0 Å². The summed E-state index contributed by atoms with van der Waals surface area (Å²) in [5.41, 5.74) is -0.0905. The molecular formula is C16H28N2O3. The van der Waals surface area contributed by atoms with Gasteiger partial charge >= 0.3 is 0 Å². The zero-order valence-electron chi connectivity index (χ0n) is 13.0. The summed E-state index contributed by atoms with van der Waals surface area (Å²) in [6, 6.07) is 0.0156. The number of rotatable bonds is 3. The standard InChI is InChI=1S/C16H28N2O3/c1-2-21-14-11-13(19)16(14)6-9-18(10-7-16)15(20)12-5-3-4-8-17-12/h12-14,17,19H,2-11H2,1H3/t12-,13-,14-/m1/s1. The Morgan fingerprint density at radius 2 is 2.14 bits per heavy atom. The highest BCUT2D eigenvalue weighted by Crippen LogP contribution is 2.51. The first kappa shape index (κ1) is 15.3. The van der Waals surface area contributed by atoms with Crippen molar-refractivity contribution in [2.45, 2.75) is 63.7 Å². The summed E-state index contributed by atoms with van der Waals surface area (Å²) in [4.78, 5) is 14.5. The van der Waals surface area contributed by atoms with E-state index in [1.807, 2.05) is 11.8 Å². The van der Waals surface area contributed by atoms with Crippen LogP contribution < -0.4 is 5.32 Å². The Morgan fingerprint density at radius 1 is 1.38 bits per heavy atom. The minimum absolute atomic E-state index is 0.0156. The quantitative estimate of drug-likeness (QED) is 0.812. The molecule has 3 rings (SSSR count). The van der Waals surface area contributed by atoms with Gasteiger partial charge in [-0.15, -0.1) is 0 Å². The molecule has 120 valence electrons. The lowest BCUT2D eigenvalue weighted by molar-refractivity contribution is -0.210.